The van der Waals surface area contributed by atoms with E-state index in [1.807, 2.05) is 13.8 Å². The third-order valence-corrected chi connectivity index (χ3v) is 6.19. The van der Waals surface area contributed by atoms with E-state index in [2.05, 4.69) is 10.3 Å². The highest BCUT2D eigenvalue weighted by Crippen LogP contribution is 2.27. The second kappa shape index (κ2) is 12.5. The van der Waals surface area contributed by atoms with Crippen LogP contribution in [0.25, 0.3) is 0 Å². The molecule has 1 aliphatic rings. The Morgan fingerprint density at radius 3 is 2.53 bits per heavy atom. The number of methoxy groups -OCH3 is 2. The second-order valence-electron chi connectivity index (χ2n) is 8.98. The Hall–Kier alpha value is -3.50. The van der Waals surface area contributed by atoms with Gasteiger partial charge in [0.05, 0.1) is 17.7 Å². The molecule has 1 N–H and O–H groups in total. The van der Waals surface area contributed by atoms with Gasteiger partial charge in [-0.25, -0.2) is 0 Å². The summed E-state index contributed by atoms with van der Waals surface area (Å²) in [6.07, 6.45) is 2.88. The summed E-state index contributed by atoms with van der Waals surface area (Å²) in [7, 11) is 4.74. The van der Waals surface area contributed by atoms with Crippen molar-refractivity contribution in [2.75, 3.05) is 52.9 Å². The fourth-order valence-electron chi connectivity index (χ4n) is 4.12. The van der Waals surface area contributed by atoms with Gasteiger partial charge in [0.1, 0.15) is 19.0 Å². The highest BCUT2D eigenvalue weighted by atomic mass is 16.5. The van der Waals surface area contributed by atoms with Gasteiger partial charge in [-0.05, 0) is 31.2 Å². The average Bonchev–Trinajstić information content (AvgIpc) is 2.88. The molecule has 10 heteroatoms. The third-order valence-electron chi connectivity index (χ3n) is 6.19. The van der Waals surface area contributed by atoms with Crippen LogP contribution in [0.15, 0.2) is 42.7 Å². The van der Waals surface area contributed by atoms with Gasteiger partial charge in [-0.15, -0.1) is 0 Å². The first-order valence-corrected chi connectivity index (χ1v) is 11.8. The fourth-order valence-corrected chi connectivity index (χ4v) is 4.12. The summed E-state index contributed by atoms with van der Waals surface area (Å²) in [5.41, 5.74) is 1.35. The van der Waals surface area contributed by atoms with Crippen molar-refractivity contribution in [3.05, 3.63) is 53.9 Å². The van der Waals surface area contributed by atoms with E-state index in [9.17, 15) is 14.4 Å². The molecule has 1 aromatic heterocycles. The normalized spacial score (nSPS) is 21.0. The van der Waals surface area contributed by atoms with E-state index in [-0.39, 0.29) is 49.0 Å². The molecule has 0 fully saturated rings. The van der Waals surface area contributed by atoms with E-state index in [0.29, 0.717) is 35.7 Å². The van der Waals surface area contributed by atoms with Crippen LogP contribution in [-0.4, -0.2) is 92.2 Å². The van der Waals surface area contributed by atoms with Crippen LogP contribution < -0.4 is 10.1 Å². The van der Waals surface area contributed by atoms with E-state index in [4.69, 9.17) is 14.2 Å². The van der Waals surface area contributed by atoms with Gasteiger partial charge >= 0.3 is 0 Å². The molecule has 0 saturated carbocycles. The maximum atomic E-state index is 13.4. The molecule has 0 radical (unpaired) electrons. The summed E-state index contributed by atoms with van der Waals surface area (Å²) in [5, 5.41) is 2.73. The average molecular weight is 499 g/mol. The minimum absolute atomic E-state index is 0.0595. The molecule has 0 spiro atoms. The van der Waals surface area contributed by atoms with Crippen molar-refractivity contribution in [2.45, 2.75) is 26.0 Å². The number of ether oxygens (including phenoxy) is 3. The second-order valence-corrected chi connectivity index (χ2v) is 8.98. The lowest BCUT2D eigenvalue weighted by Gasteiger charge is -2.36. The lowest BCUT2D eigenvalue weighted by atomic mass is 10.0. The predicted octanol–water partition coefficient (Wildman–Crippen LogP) is 2.31. The maximum Gasteiger partial charge on any atom is 0.257 e. The van der Waals surface area contributed by atoms with E-state index in [1.165, 1.54) is 7.11 Å². The monoisotopic (exact) mass is 498 g/mol. The number of nitrogens with zero attached hydrogens (tertiary/aromatic N) is 3. The summed E-state index contributed by atoms with van der Waals surface area (Å²) in [6, 6.07) is 7.92. The fraction of sp³-hybridized carbons (Fsp3) is 0.462. The lowest BCUT2D eigenvalue weighted by Crippen LogP contribution is -2.48. The van der Waals surface area contributed by atoms with Crippen molar-refractivity contribution in [1.82, 2.24) is 14.8 Å². The molecular weight excluding hydrogens is 464 g/mol. The first kappa shape index (κ1) is 27.1. The molecular formula is C26H34N4O6. The Balaban J connectivity index is 1.97. The van der Waals surface area contributed by atoms with E-state index >= 15 is 0 Å². The van der Waals surface area contributed by atoms with E-state index in [1.54, 1.807) is 66.7 Å². The lowest BCUT2D eigenvalue weighted by molar-refractivity contribution is -0.119. The molecule has 10 nitrogen and oxygen atoms in total. The van der Waals surface area contributed by atoms with E-state index < -0.39 is 0 Å². The number of amides is 3. The molecule has 3 amide bonds. The number of carbonyl (C=O) groups is 3. The van der Waals surface area contributed by atoms with Crippen molar-refractivity contribution in [2.24, 2.45) is 5.92 Å². The van der Waals surface area contributed by atoms with Crippen LogP contribution >= 0.6 is 0 Å². The highest BCUT2D eigenvalue weighted by molar-refractivity contribution is 5.98. The summed E-state index contributed by atoms with van der Waals surface area (Å²) in [6.45, 7) is 4.68. The molecule has 194 valence electrons. The van der Waals surface area contributed by atoms with Crippen LogP contribution in [0.1, 0.15) is 34.6 Å². The molecule has 0 aliphatic carbocycles. The first-order valence-electron chi connectivity index (χ1n) is 11.8. The van der Waals surface area contributed by atoms with Gasteiger partial charge in [0.15, 0.2) is 0 Å². The smallest absolute Gasteiger partial charge is 0.257 e. The number of aromatic nitrogens is 1. The number of pyridine rings is 1. The van der Waals surface area contributed by atoms with Crippen LogP contribution in [0.2, 0.25) is 0 Å². The van der Waals surface area contributed by atoms with Gasteiger partial charge in [0, 0.05) is 70.0 Å². The van der Waals surface area contributed by atoms with Gasteiger partial charge in [0.25, 0.3) is 11.8 Å². The number of hydrogen-bond donors (Lipinski definition) is 1. The van der Waals surface area contributed by atoms with Crippen molar-refractivity contribution in [3.8, 4) is 5.75 Å². The quantitative estimate of drug-likeness (QED) is 0.674. The van der Waals surface area contributed by atoms with Crippen LogP contribution in [0.3, 0.4) is 0 Å². The zero-order chi connectivity index (χ0) is 26.2. The topological polar surface area (TPSA) is 110 Å². The molecule has 0 bridgehead atoms. The predicted molar refractivity (Wildman–Crippen MR) is 134 cm³/mol. The maximum absolute atomic E-state index is 13.4. The zero-order valence-corrected chi connectivity index (χ0v) is 21.4. The van der Waals surface area contributed by atoms with Gasteiger partial charge in [0.2, 0.25) is 5.91 Å². The Kier molecular flexibility index (Phi) is 9.38. The summed E-state index contributed by atoms with van der Waals surface area (Å²) in [4.78, 5) is 46.1. The molecule has 1 aliphatic heterocycles. The molecule has 0 unspecified atom stereocenters. The minimum Gasteiger partial charge on any atom is -0.491 e. The Bertz CT molecular complexity index is 1060. The van der Waals surface area contributed by atoms with Gasteiger partial charge in [-0.3, -0.25) is 19.4 Å². The number of rotatable bonds is 5. The molecule has 1 aromatic carbocycles. The Labute approximate surface area is 211 Å². The van der Waals surface area contributed by atoms with Crippen LogP contribution in [0.4, 0.5) is 5.69 Å². The van der Waals surface area contributed by atoms with Gasteiger partial charge in [-0.1, -0.05) is 6.92 Å². The SMILES string of the molecule is COCC(=O)Nc1ccc2c(c1)OC[C@@H](C)N(C(=O)c1ccncc1)C[C@H](C)[C@@H](OC)CN(C)C2=O. The van der Waals surface area contributed by atoms with Crippen LogP contribution in [-0.2, 0) is 14.3 Å². The van der Waals surface area contributed by atoms with Crippen molar-refractivity contribution < 1.29 is 28.6 Å². The number of likely N-dealkylation sites (N-methyl/N-ethyl adjacent to an activating group) is 1. The zero-order valence-electron chi connectivity index (χ0n) is 21.4. The van der Waals surface area contributed by atoms with Gasteiger partial charge < -0.3 is 29.3 Å². The van der Waals surface area contributed by atoms with Crippen molar-refractivity contribution in [3.63, 3.8) is 0 Å². The van der Waals surface area contributed by atoms with Crippen LogP contribution in [0.5, 0.6) is 5.75 Å². The molecule has 36 heavy (non-hydrogen) atoms. The van der Waals surface area contributed by atoms with E-state index in [0.717, 1.165) is 0 Å². The minimum atomic E-state index is -0.325. The summed E-state index contributed by atoms with van der Waals surface area (Å²) in [5.74, 6) is -0.443. The number of benzene rings is 1. The number of anilines is 1. The largest absolute Gasteiger partial charge is 0.491 e. The third kappa shape index (κ3) is 6.58. The summed E-state index contributed by atoms with van der Waals surface area (Å²) < 4.78 is 16.7. The van der Waals surface area contributed by atoms with Crippen molar-refractivity contribution >= 4 is 23.4 Å². The van der Waals surface area contributed by atoms with Crippen LogP contribution in [0, 0.1) is 5.92 Å². The van der Waals surface area contributed by atoms with Crippen molar-refractivity contribution in [1.29, 1.82) is 0 Å². The number of hydrogen-bond acceptors (Lipinski definition) is 7. The molecule has 2 aromatic rings. The highest BCUT2D eigenvalue weighted by Gasteiger charge is 2.30. The standard InChI is InChI=1S/C26H34N4O6/c1-17-13-30(25(32)19-8-10-27-11-9-19)18(2)15-36-22-12-20(28-24(31)16-34-4)6-7-21(22)26(33)29(3)14-23(17)35-5/h6-12,17-18,23H,13-16H2,1-5H3,(H,28,31)/t17-,18+,23-/m0/s1. The molecule has 3 rings (SSSR count). The Morgan fingerprint density at radius 2 is 1.86 bits per heavy atom. The summed E-state index contributed by atoms with van der Waals surface area (Å²) >= 11 is 0. The number of nitrogens with one attached hydrogen (secondary N) is 1. The number of fused-ring (bicyclic) bond motifs is 1. The molecule has 0 saturated heterocycles. The Morgan fingerprint density at radius 1 is 1.14 bits per heavy atom. The molecule has 3 atom stereocenters. The first-order chi connectivity index (χ1) is 17.2. The molecule has 2 heterocycles. The number of carbonyl (C=O) groups excluding carboxylic acids is 3. The van der Waals surface area contributed by atoms with Gasteiger partial charge in [-0.2, -0.15) is 0 Å².